The van der Waals surface area contributed by atoms with E-state index in [0.717, 1.165) is 63.6 Å². The second-order valence-electron chi connectivity index (χ2n) is 7.74. The molecule has 1 aromatic heterocycles. The Morgan fingerprint density at radius 3 is 2.33 bits per heavy atom. The molecule has 3 aliphatic rings. The molecular formula is C20H36N4O2S. The van der Waals surface area contributed by atoms with E-state index in [2.05, 4.69) is 38.2 Å². The topological polar surface area (TPSA) is 53.8 Å². The summed E-state index contributed by atoms with van der Waals surface area (Å²) in [5, 5.41) is 9.37. The first-order chi connectivity index (χ1) is 13.2. The van der Waals surface area contributed by atoms with Gasteiger partial charge in [-0.2, -0.15) is 12.6 Å². The van der Waals surface area contributed by atoms with Crippen molar-refractivity contribution in [1.29, 1.82) is 0 Å². The van der Waals surface area contributed by atoms with Crippen molar-refractivity contribution in [2.45, 2.75) is 76.7 Å². The van der Waals surface area contributed by atoms with Crippen molar-refractivity contribution in [3.05, 3.63) is 12.5 Å². The maximum absolute atomic E-state index is 9.37. The Kier molecular flexibility index (Phi) is 7.87. The van der Waals surface area contributed by atoms with Crippen LogP contribution in [0.2, 0.25) is 0 Å². The van der Waals surface area contributed by atoms with E-state index < -0.39 is 0 Å². The number of thiol groups is 1. The number of aliphatic hydroxyl groups excluding tert-OH is 1. The largest absolute Gasteiger partial charge is 0.393 e. The lowest BCUT2D eigenvalue weighted by atomic mass is 9.92. The van der Waals surface area contributed by atoms with E-state index in [4.69, 9.17) is 4.74 Å². The molecule has 3 fully saturated rings. The summed E-state index contributed by atoms with van der Waals surface area (Å²) in [6.07, 6.45) is 10.8. The van der Waals surface area contributed by atoms with Gasteiger partial charge >= 0.3 is 0 Å². The van der Waals surface area contributed by atoms with Crippen molar-refractivity contribution >= 4 is 18.4 Å². The molecule has 1 N–H and O–H groups in total. The first kappa shape index (κ1) is 21.0. The number of likely N-dealkylation sites (tertiary alicyclic amines) is 1. The minimum Gasteiger partial charge on any atom is -0.393 e. The van der Waals surface area contributed by atoms with Crippen molar-refractivity contribution in [3.8, 4) is 0 Å². The number of aliphatic hydroxyl groups is 1. The summed E-state index contributed by atoms with van der Waals surface area (Å²) in [6.45, 7) is 8.27. The summed E-state index contributed by atoms with van der Waals surface area (Å²) in [5.41, 5.74) is 0. The van der Waals surface area contributed by atoms with Crippen LogP contribution in [0.15, 0.2) is 12.5 Å². The number of hydrogen-bond acceptors (Lipinski definition) is 6. The molecule has 0 radical (unpaired) electrons. The fraction of sp³-hybridized carbons (Fsp3) is 0.850. The molecule has 0 spiro atoms. The predicted molar refractivity (Wildman–Crippen MR) is 113 cm³/mol. The number of hydrogen-bond donors (Lipinski definition) is 2. The molecule has 1 saturated carbocycles. The van der Waals surface area contributed by atoms with Gasteiger partial charge in [-0.3, -0.25) is 4.90 Å². The Balaban J connectivity index is 0.00000102. The zero-order valence-electron chi connectivity index (χ0n) is 16.8. The van der Waals surface area contributed by atoms with E-state index in [-0.39, 0.29) is 12.2 Å². The smallest absolute Gasteiger partial charge is 0.146 e. The lowest BCUT2D eigenvalue weighted by Crippen LogP contribution is -2.43. The van der Waals surface area contributed by atoms with Gasteiger partial charge in [0.05, 0.1) is 24.6 Å². The van der Waals surface area contributed by atoms with Gasteiger partial charge in [-0.1, -0.05) is 13.8 Å². The zero-order valence-corrected chi connectivity index (χ0v) is 17.7. The van der Waals surface area contributed by atoms with Gasteiger partial charge < -0.3 is 19.3 Å². The number of rotatable bonds is 5. The molecular weight excluding hydrogens is 360 g/mol. The molecule has 154 valence electrons. The lowest BCUT2D eigenvalue weighted by Gasteiger charge is -2.38. The Morgan fingerprint density at radius 1 is 1.07 bits per heavy atom. The molecule has 0 unspecified atom stereocenters. The molecule has 27 heavy (non-hydrogen) atoms. The highest BCUT2D eigenvalue weighted by molar-refractivity contribution is 7.80. The van der Waals surface area contributed by atoms with Crippen molar-refractivity contribution < 1.29 is 9.84 Å². The van der Waals surface area contributed by atoms with Crippen LogP contribution in [0.3, 0.4) is 0 Å². The first-order valence-corrected chi connectivity index (χ1v) is 11.3. The number of anilines is 1. The molecule has 3 heterocycles. The van der Waals surface area contributed by atoms with E-state index in [0.29, 0.717) is 12.1 Å². The Hall–Kier alpha value is -0.760. The highest BCUT2D eigenvalue weighted by atomic mass is 32.1. The number of aromatic nitrogens is 2. The molecule has 4 rings (SSSR count). The van der Waals surface area contributed by atoms with Gasteiger partial charge in [0, 0.05) is 44.3 Å². The van der Waals surface area contributed by atoms with Gasteiger partial charge in [0.2, 0.25) is 0 Å². The maximum Gasteiger partial charge on any atom is 0.146 e. The molecule has 1 aliphatic carbocycles. The second-order valence-corrected chi connectivity index (χ2v) is 8.02. The van der Waals surface area contributed by atoms with Crippen LogP contribution in [0.4, 0.5) is 5.82 Å². The average molecular weight is 397 g/mol. The highest BCUT2D eigenvalue weighted by Crippen LogP contribution is 2.29. The van der Waals surface area contributed by atoms with Crippen molar-refractivity contribution in [2.24, 2.45) is 0 Å². The maximum atomic E-state index is 9.37. The number of piperidine rings is 2. The number of imidazole rings is 1. The minimum absolute atomic E-state index is 0.131. The number of nitrogens with zero attached hydrogens (tertiary/aromatic N) is 4. The molecule has 7 heteroatoms. The quantitative estimate of drug-likeness (QED) is 0.750. The molecule has 2 saturated heterocycles. The van der Waals surface area contributed by atoms with Crippen molar-refractivity contribution in [3.63, 3.8) is 0 Å². The molecule has 0 amide bonds. The zero-order chi connectivity index (χ0) is 19.2. The fourth-order valence-electron chi connectivity index (χ4n) is 4.19. The van der Waals surface area contributed by atoms with Gasteiger partial charge in [0.1, 0.15) is 5.82 Å². The average Bonchev–Trinajstić information content (AvgIpc) is 3.19. The normalized spacial score (nSPS) is 27.8. The SMILES string of the molecule is CC.OC1CC(OC2CCN(c3cn(C4CCN(CS)CC4)cn3)CC2)C1. The monoisotopic (exact) mass is 396 g/mol. The van der Waals surface area contributed by atoms with E-state index in [1.807, 2.05) is 20.2 Å². The standard InChI is InChI=1S/C18H30N4O2S.C2H6/c23-15-9-17(10-15)24-16-3-7-21(8-4-16)18-11-22(12-19-18)14-1-5-20(13-25)6-2-14;1-2/h11-12,14-17,23,25H,1-10,13H2;1-2H3. The van der Waals surface area contributed by atoms with Crippen molar-refractivity contribution in [2.75, 3.05) is 37.0 Å². The Morgan fingerprint density at radius 2 is 1.74 bits per heavy atom. The van der Waals surface area contributed by atoms with Crippen LogP contribution in [0.25, 0.3) is 0 Å². The summed E-state index contributed by atoms with van der Waals surface area (Å²) in [5.74, 6) is 1.97. The molecule has 0 aromatic carbocycles. The van der Waals surface area contributed by atoms with Crippen LogP contribution < -0.4 is 4.90 Å². The van der Waals surface area contributed by atoms with Gasteiger partial charge in [0.25, 0.3) is 0 Å². The third-order valence-electron chi connectivity index (χ3n) is 5.99. The van der Waals surface area contributed by atoms with E-state index in [1.165, 1.54) is 12.8 Å². The second kappa shape index (κ2) is 10.1. The Bertz CT molecular complexity index is 548. The van der Waals surface area contributed by atoms with Crippen LogP contribution >= 0.6 is 12.6 Å². The third kappa shape index (κ3) is 5.40. The molecule has 0 bridgehead atoms. The van der Waals surface area contributed by atoms with Crippen LogP contribution in [0.1, 0.15) is 58.4 Å². The van der Waals surface area contributed by atoms with E-state index in [9.17, 15) is 5.11 Å². The van der Waals surface area contributed by atoms with Gasteiger partial charge in [-0.05, 0) is 38.5 Å². The van der Waals surface area contributed by atoms with Crippen LogP contribution in [-0.4, -0.2) is 69.9 Å². The van der Waals surface area contributed by atoms with Crippen LogP contribution in [-0.2, 0) is 4.74 Å². The summed E-state index contributed by atoms with van der Waals surface area (Å²) in [6, 6.07) is 0.572. The highest BCUT2D eigenvalue weighted by Gasteiger charge is 2.32. The van der Waals surface area contributed by atoms with E-state index >= 15 is 0 Å². The summed E-state index contributed by atoms with van der Waals surface area (Å²) < 4.78 is 8.39. The molecule has 2 aliphatic heterocycles. The van der Waals surface area contributed by atoms with Crippen LogP contribution in [0, 0.1) is 0 Å². The van der Waals surface area contributed by atoms with E-state index in [1.54, 1.807) is 0 Å². The molecule has 0 atom stereocenters. The summed E-state index contributed by atoms with van der Waals surface area (Å²) >= 11 is 4.37. The lowest BCUT2D eigenvalue weighted by molar-refractivity contribution is -0.108. The van der Waals surface area contributed by atoms with Gasteiger partial charge in [-0.25, -0.2) is 4.98 Å². The fourth-order valence-corrected chi connectivity index (χ4v) is 4.47. The van der Waals surface area contributed by atoms with Gasteiger partial charge in [-0.15, -0.1) is 0 Å². The number of ether oxygens (including phenoxy) is 1. The predicted octanol–water partition coefficient (Wildman–Crippen LogP) is 2.94. The first-order valence-electron chi connectivity index (χ1n) is 10.7. The third-order valence-corrected chi connectivity index (χ3v) is 6.39. The summed E-state index contributed by atoms with van der Waals surface area (Å²) in [7, 11) is 0. The Labute approximate surface area is 169 Å². The van der Waals surface area contributed by atoms with Crippen LogP contribution in [0.5, 0.6) is 0 Å². The minimum atomic E-state index is -0.131. The summed E-state index contributed by atoms with van der Waals surface area (Å²) in [4.78, 5) is 9.44. The molecule has 1 aromatic rings. The molecule has 6 nitrogen and oxygen atoms in total. The van der Waals surface area contributed by atoms with Gasteiger partial charge in [0.15, 0.2) is 0 Å². The van der Waals surface area contributed by atoms with Crippen molar-refractivity contribution in [1.82, 2.24) is 14.5 Å².